The largest absolute Gasteiger partial charge is 0.328 e. The van der Waals surface area contributed by atoms with Crippen molar-refractivity contribution < 1.29 is 0 Å². The van der Waals surface area contributed by atoms with Crippen LogP contribution in [0, 0.1) is 0 Å². The van der Waals surface area contributed by atoms with Crippen LogP contribution in [0.5, 0.6) is 0 Å². The highest BCUT2D eigenvalue weighted by molar-refractivity contribution is 5.63. The summed E-state index contributed by atoms with van der Waals surface area (Å²) in [5.41, 5.74) is 10.8. The van der Waals surface area contributed by atoms with Gasteiger partial charge in [-0.05, 0) is 36.5 Å². The Morgan fingerprint density at radius 1 is 1.00 bits per heavy atom. The molecule has 1 atom stereocenters. The smallest absolute Gasteiger partial charge is 0.00476 e. The Bertz CT molecular complexity index is 523. The standard InChI is InChI=1S/C18H21N/c1-14(12-15(2)19)13-16-8-10-18(11-9-16)17-6-4-3-5-7-17/h3-11,15H,1,12-13,19H2,2H3. The Labute approximate surface area is 115 Å². The molecule has 1 nitrogen and oxygen atoms in total. The van der Waals surface area contributed by atoms with Crippen molar-refractivity contribution in [1.29, 1.82) is 0 Å². The van der Waals surface area contributed by atoms with Gasteiger partial charge < -0.3 is 5.73 Å². The van der Waals surface area contributed by atoms with Gasteiger partial charge in [0.15, 0.2) is 0 Å². The molecule has 0 aliphatic rings. The van der Waals surface area contributed by atoms with E-state index in [9.17, 15) is 0 Å². The Morgan fingerprint density at radius 3 is 2.16 bits per heavy atom. The molecule has 0 aliphatic carbocycles. The van der Waals surface area contributed by atoms with Crippen LogP contribution in [-0.4, -0.2) is 6.04 Å². The molecule has 2 N–H and O–H groups in total. The molecule has 0 fully saturated rings. The molecule has 19 heavy (non-hydrogen) atoms. The average Bonchev–Trinajstić information content (AvgIpc) is 2.39. The first-order valence-corrected chi connectivity index (χ1v) is 6.72. The minimum atomic E-state index is 0.191. The predicted octanol–water partition coefficient (Wildman–Crippen LogP) is 4.19. The summed E-state index contributed by atoms with van der Waals surface area (Å²) in [4.78, 5) is 0. The fourth-order valence-electron chi connectivity index (χ4n) is 2.26. The van der Waals surface area contributed by atoms with Crippen LogP contribution in [0.25, 0.3) is 11.1 Å². The zero-order valence-corrected chi connectivity index (χ0v) is 11.5. The van der Waals surface area contributed by atoms with Gasteiger partial charge in [-0.3, -0.25) is 0 Å². The molecule has 98 valence electrons. The van der Waals surface area contributed by atoms with Gasteiger partial charge in [-0.2, -0.15) is 0 Å². The zero-order valence-electron chi connectivity index (χ0n) is 11.5. The van der Waals surface area contributed by atoms with Gasteiger partial charge in [-0.15, -0.1) is 0 Å². The molecule has 0 saturated heterocycles. The summed E-state index contributed by atoms with van der Waals surface area (Å²) in [6.07, 6.45) is 1.80. The summed E-state index contributed by atoms with van der Waals surface area (Å²) in [6.45, 7) is 6.11. The Balaban J connectivity index is 2.05. The van der Waals surface area contributed by atoms with E-state index in [0.717, 1.165) is 12.8 Å². The molecule has 2 rings (SSSR count). The van der Waals surface area contributed by atoms with E-state index in [-0.39, 0.29) is 6.04 Å². The van der Waals surface area contributed by atoms with Crippen molar-refractivity contribution >= 4 is 0 Å². The number of nitrogens with two attached hydrogens (primary N) is 1. The van der Waals surface area contributed by atoms with E-state index in [1.54, 1.807) is 0 Å². The maximum Gasteiger partial charge on any atom is 0.00476 e. The lowest BCUT2D eigenvalue weighted by atomic mass is 9.98. The molecule has 0 aliphatic heterocycles. The fourth-order valence-corrected chi connectivity index (χ4v) is 2.26. The van der Waals surface area contributed by atoms with Crippen molar-refractivity contribution in [2.75, 3.05) is 0 Å². The first kappa shape index (κ1) is 13.6. The summed E-state index contributed by atoms with van der Waals surface area (Å²) in [7, 11) is 0. The molecule has 2 aromatic rings. The molecular formula is C18H21N. The Kier molecular flexibility index (Phi) is 4.53. The van der Waals surface area contributed by atoms with E-state index in [2.05, 4.69) is 55.1 Å². The van der Waals surface area contributed by atoms with Crippen LogP contribution in [0.4, 0.5) is 0 Å². The molecule has 0 amide bonds. The molecule has 0 saturated carbocycles. The average molecular weight is 251 g/mol. The first-order valence-electron chi connectivity index (χ1n) is 6.72. The molecular weight excluding hydrogens is 230 g/mol. The highest BCUT2D eigenvalue weighted by atomic mass is 14.6. The lowest BCUT2D eigenvalue weighted by Gasteiger charge is -2.09. The van der Waals surface area contributed by atoms with Gasteiger partial charge in [-0.25, -0.2) is 0 Å². The maximum atomic E-state index is 5.79. The summed E-state index contributed by atoms with van der Waals surface area (Å²) >= 11 is 0. The van der Waals surface area contributed by atoms with Crippen LogP contribution < -0.4 is 5.73 Å². The number of hydrogen-bond acceptors (Lipinski definition) is 1. The van der Waals surface area contributed by atoms with Crippen LogP contribution in [0.15, 0.2) is 66.7 Å². The molecule has 0 aromatic heterocycles. The van der Waals surface area contributed by atoms with Gasteiger partial charge in [0.1, 0.15) is 0 Å². The first-order chi connectivity index (χ1) is 9.15. The van der Waals surface area contributed by atoms with Gasteiger partial charge in [0.25, 0.3) is 0 Å². The van der Waals surface area contributed by atoms with Gasteiger partial charge in [0, 0.05) is 6.04 Å². The van der Waals surface area contributed by atoms with Gasteiger partial charge in [0.2, 0.25) is 0 Å². The maximum absolute atomic E-state index is 5.79. The summed E-state index contributed by atoms with van der Waals surface area (Å²) in [6, 6.07) is 19.3. The van der Waals surface area contributed by atoms with Gasteiger partial charge >= 0.3 is 0 Å². The second-order valence-electron chi connectivity index (χ2n) is 5.17. The minimum Gasteiger partial charge on any atom is -0.328 e. The van der Waals surface area contributed by atoms with Crippen LogP contribution in [0.1, 0.15) is 18.9 Å². The predicted molar refractivity (Wildman–Crippen MR) is 83.0 cm³/mol. The number of hydrogen-bond donors (Lipinski definition) is 1. The highest BCUT2D eigenvalue weighted by Gasteiger charge is 2.02. The van der Waals surface area contributed by atoms with Gasteiger partial charge in [0.05, 0.1) is 0 Å². The summed E-state index contributed by atoms with van der Waals surface area (Å²) in [5.74, 6) is 0. The van der Waals surface area contributed by atoms with E-state index < -0.39 is 0 Å². The number of rotatable bonds is 5. The third kappa shape index (κ3) is 4.08. The van der Waals surface area contributed by atoms with E-state index in [1.807, 2.05) is 13.0 Å². The second-order valence-corrected chi connectivity index (χ2v) is 5.17. The fraction of sp³-hybridized carbons (Fsp3) is 0.222. The van der Waals surface area contributed by atoms with E-state index >= 15 is 0 Å². The third-order valence-electron chi connectivity index (χ3n) is 3.13. The van der Waals surface area contributed by atoms with Crippen molar-refractivity contribution in [2.45, 2.75) is 25.8 Å². The minimum absolute atomic E-state index is 0.191. The van der Waals surface area contributed by atoms with Crippen LogP contribution in [0.2, 0.25) is 0 Å². The van der Waals surface area contributed by atoms with E-state index in [1.165, 1.54) is 22.3 Å². The molecule has 0 bridgehead atoms. The van der Waals surface area contributed by atoms with Gasteiger partial charge in [-0.1, -0.05) is 66.7 Å². The van der Waals surface area contributed by atoms with Crippen molar-refractivity contribution in [3.63, 3.8) is 0 Å². The SMILES string of the molecule is C=C(Cc1ccc(-c2ccccc2)cc1)CC(C)N. The van der Waals surface area contributed by atoms with Crippen molar-refractivity contribution in [1.82, 2.24) is 0 Å². The molecule has 0 spiro atoms. The normalized spacial score (nSPS) is 12.1. The van der Waals surface area contributed by atoms with Crippen molar-refractivity contribution in [3.8, 4) is 11.1 Å². The third-order valence-corrected chi connectivity index (χ3v) is 3.13. The zero-order chi connectivity index (χ0) is 13.7. The van der Waals surface area contributed by atoms with Crippen LogP contribution in [-0.2, 0) is 6.42 Å². The molecule has 2 aromatic carbocycles. The lowest BCUT2D eigenvalue weighted by Crippen LogP contribution is -2.15. The number of benzene rings is 2. The summed E-state index contributed by atoms with van der Waals surface area (Å²) < 4.78 is 0. The molecule has 0 heterocycles. The lowest BCUT2D eigenvalue weighted by molar-refractivity contribution is 0.720. The molecule has 1 unspecified atom stereocenters. The summed E-state index contributed by atoms with van der Waals surface area (Å²) in [5, 5.41) is 0. The molecule has 1 heteroatoms. The Hall–Kier alpha value is -1.86. The molecule has 0 radical (unpaired) electrons. The van der Waals surface area contributed by atoms with Crippen LogP contribution >= 0.6 is 0 Å². The Morgan fingerprint density at radius 2 is 1.58 bits per heavy atom. The van der Waals surface area contributed by atoms with E-state index in [4.69, 9.17) is 5.73 Å². The quantitative estimate of drug-likeness (QED) is 0.792. The van der Waals surface area contributed by atoms with Crippen molar-refractivity contribution in [2.24, 2.45) is 5.73 Å². The van der Waals surface area contributed by atoms with E-state index in [0.29, 0.717) is 0 Å². The highest BCUT2D eigenvalue weighted by Crippen LogP contribution is 2.20. The second kappa shape index (κ2) is 6.35. The topological polar surface area (TPSA) is 26.0 Å². The monoisotopic (exact) mass is 251 g/mol. The van der Waals surface area contributed by atoms with Crippen molar-refractivity contribution in [3.05, 3.63) is 72.3 Å². The van der Waals surface area contributed by atoms with Crippen LogP contribution in [0.3, 0.4) is 0 Å².